The van der Waals surface area contributed by atoms with Gasteiger partial charge >= 0.3 is 12.1 Å². The largest absolute Gasteiger partial charge is 0.479 e. The van der Waals surface area contributed by atoms with Crippen LogP contribution in [-0.2, 0) is 14.3 Å². The van der Waals surface area contributed by atoms with Gasteiger partial charge in [-0.3, -0.25) is 0 Å². The number of hydrogen-bond acceptors (Lipinski definition) is 4. The number of nitrogens with one attached hydrogen (secondary N) is 1. The van der Waals surface area contributed by atoms with Gasteiger partial charge in [0.2, 0.25) is 0 Å². The van der Waals surface area contributed by atoms with Crippen LogP contribution in [0.4, 0.5) is 4.79 Å². The molecule has 20 heavy (non-hydrogen) atoms. The zero-order valence-electron chi connectivity index (χ0n) is 13.1. The van der Waals surface area contributed by atoms with Gasteiger partial charge in [-0.1, -0.05) is 13.8 Å². The first-order valence-electron chi connectivity index (χ1n) is 6.82. The molecule has 1 rings (SSSR count). The maximum Gasteiger partial charge on any atom is 0.408 e. The van der Waals surface area contributed by atoms with E-state index in [0.717, 1.165) is 0 Å². The van der Waals surface area contributed by atoms with Crippen LogP contribution in [0.5, 0.6) is 0 Å². The van der Waals surface area contributed by atoms with Crippen molar-refractivity contribution in [1.29, 1.82) is 0 Å². The smallest absolute Gasteiger partial charge is 0.408 e. The van der Waals surface area contributed by atoms with E-state index in [-0.39, 0.29) is 12.5 Å². The van der Waals surface area contributed by atoms with Crippen LogP contribution in [0.2, 0.25) is 0 Å². The van der Waals surface area contributed by atoms with E-state index in [4.69, 9.17) is 9.47 Å². The summed E-state index contributed by atoms with van der Waals surface area (Å²) in [6.07, 6.45) is -0.677. The fraction of sp³-hybridized carbons (Fsp3) is 0.857. The van der Waals surface area contributed by atoms with Gasteiger partial charge in [-0.2, -0.15) is 0 Å². The highest BCUT2D eigenvalue weighted by Crippen LogP contribution is 2.51. The average Bonchev–Trinajstić information content (AvgIpc) is 2.24. The highest BCUT2D eigenvalue weighted by atomic mass is 16.6. The number of aliphatic carboxylic acids is 1. The second-order valence-corrected chi connectivity index (χ2v) is 6.71. The highest BCUT2D eigenvalue weighted by Gasteiger charge is 2.66. The summed E-state index contributed by atoms with van der Waals surface area (Å²) in [7, 11) is 0. The predicted octanol–water partition coefficient (Wildman–Crippen LogP) is 2.17. The van der Waals surface area contributed by atoms with Gasteiger partial charge in [-0.15, -0.1) is 0 Å². The normalized spacial score (nSPS) is 28.4. The van der Waals surface area contributed by atoms with E-state index in [1.807, 2.05) is 6.92 Å². The predicted molar refractivity (Wildman–Crippen MR) is 73.5 cm³/mol. The molecule has 1 aliphatic rings. The SMILES string of the molecule is CCO[C@H]1C[C@@](NC(=O)OC(C)(C)C)(C(=O)O)C1(C)C. The zero-order valence-corrected chi connectivity index (χ0v) is 13.1. The number of carbonyl (C=O) groups is 2. The number of rotatable bonds is 4. The Kier molecular flexibility index (Phi) is 4.39. The average molecular weight is 287 g/mol. The summed E-state index contributed by atoms with van der Waals surface area (Å²) < 4.78 is 10.7. The fourth-order valence-corrected chi connectivity index (χ4v) is 2.51. The van der Waals surface area contributed by atoms with Crippen LogP contribution in [0.1, 0.15) is 48.0 Å². The molecule has 0 spiro atoms. The van der Waals surface area contributed by atoms with Gasteiger partial charge in [0, 0.05) is 18.4 Å². The third-order valence-corrected chi connectivity index (χ3v) is 3.84. The lowest BCUT2D eigenvalue weighted by atomic mass is 9.54. The Hall–Kier alpha value is -1.30. The minimum Gasteiger partial charge on any atom is -0.479 e. The molecule has 0 unspecified atom stereocenters. The molecule has 2 N–H and O–H groups in total. The van der Waals surface area contributed by atoms with E-state index in [1.165, 1.54) is 0 Å². The molecule has 1 fully saturated rings. The van der Waals surface area contributed by atoms with Crippen LogP contribution in [0.25, 0.3) is 0 Å². The molecular weight excluding hydrogens is 262 g/mol. The van der Waals surface area contributed by atoms with Crippen LogP contribution >= 0.6 is 0 Å². The van der Waals surface area contributed by atoms with Crippen molar-refractivity contribution in [3.05, 3.63) is 0 Å². The van der Waals surface area contributed by atoms with E-state index in [0.29, 0.717) is 6.61 Å². The fourth-order valence-electron chi connectivity index (χ4n) is 2.51. The number of carbonyl (C=O) groups excluding carboxylic acids is 1. The molecular formula is C14H25NO5. The topological polar surface area (TPSA) is 84.9 Å². The van der Waals surface area contributed by atoms with Crippen molar-refractivity contribution in [2.45, 2.75) is 65.2 Å². The van der Waals surface area contributed by atoms with Crippen molar-refractivity contribution in [2.24, 2.45) is 5.41 Å². The molecule has 2 atom stereocenters. The van der Waals surface area contributed by atoms with E-state index < -0.39 is 28.6 Å². The lowest BCUT2D eigenvalue weighted by Crippen LogP contribution is -2.76. The minimum atomic E-state index is -1.35. The van der Waals surface area contributed by atoms with Crippen molar-refractivity contribution < 1.29 is 24.2 Å². The van der Waals surface area contributed by atoms with Crippen LogP contribution in [0, 0.1) is 5.41 Å². The second-order valence-electron chi connectivity index (χ2n) is 6.71. The summed E-state index contributed by atoms with van der Waals surface area (Å²) in [5, 5.41) is 12.1. The van der Waals surface area contributed by atoms with Crippen LogP contribution < -0.4 is 5.32 Å². The molecule has 0 radical (unpaired) electrons. The van der Waals surface area contributed by atoms with Crippen LogP contribution in [0.3, 0.4) is 0 Å². The zero-order chi connectivity index (χ0) is 15.8. The van der Waals surface area contributed by atoms with Crippen molar-refractivity contribution >= 4 is 12.1 Å². The van der Waals surface area contributed by atoms with E-state index >= 15 is 0 Å². The summed E-state index contributed by atoms with van der Waals surface area (Å²) in [5.41, 5.74) is -2.72. The summed E-state index contributed by atoms with van der Waals surface area (Å²) in [6, 6.07) is 0. The number of amides is 1. The Balaban J connectivity index is 2.87. The Bertz CT molecular complexity index is 399. The van der Waals surface area contributed by atoms with Gasteiger partial charge in [-0.05, 0) is 27.7 Å². The first kappa shape index (κ1) is 16.8. The van der Waals surface area contributed by atoms with E-state index in [1.54, 1.807) is 34.6 Å². The number of hydrogen-bond donors (Lipinski definition) is 2. The standard InChI is InChI=1S/C14H25NO5/c1-7-19-9-8-14(10(16)17,13(9,5)6)15-11(18)20-12(2,3)4/h9H,7-8H2,1-6H3,(H,15,18)(H,16,17)/t9-,14+/m0/s1. The highest BCUT2D eigenvalue weighted by molar-refractivity contribution is 5.87. The Morgan fingerprint density at radius 3 is 2.25 bits per heavy atom. The van der Waals surface area contributed by atoms with Crippen molar-refractivity contribution in [3.8, 4) is 0 Å². The summed E-state index contributed by atoms with van der Waals surface area (Å²) >= 11 is 0. The third-order valence-electron chi connectivity index (χ3n) is 3.84. The molecule has 116 valence electrons. The lowest BCUT2D eigenvalue weighted by Gasteiger charge is -2.58. The molecule has 6 nitrogen and oxygen atoms in total. The molecule has 1 aliphatic carbocycles. The molecule has 0 aliphatic heterocycles. The van der Waals surface area contributed by atoms with E-state index in [9.17, 15) is 14.7 Å². The first-order valence-corrected chi connectivity index (χ1v) is 6.82. The molecule has 0 bridgehead atoms. The van der Waals surface area contributed by atoms with Crippen molar-refractivity contribution in [2.75, 3.05) is 6.61 Å². The number of alkyl carbamates (subject to hydrolysis) is 1. The number of ether oxygens (including phenoxy) is 2. The summed E-state index contributed by atoms with van der Waals surface area (Å²) in [4.78, 5) is 23.5. The van der Waals surface area contributed by atoms with Crippen LogP contribution in [0.15, 0.2) is 0 Å². The molecule has 0 aromatic rings. The van der Waals surface area contributed by atoms with Crippen LogP contribution in [-0.4, -0.2) is 41.0 Å². The molecule has 1 amide bonds. The van der Waals surface area contributed by atoms with Gasteiger partial charge in [-0.25, -0.2) is 9.59 Å². The molecule has 0 saturated heterocycles. The van der Waals surface area contributed by atoms with Gasteiger partial charge in [0.05, 0.1) is 6.10 Å². The number of carboxylic acid groups (broad SMARTS) is 1. The molecule has 0 aromatic carbocycles. The molecule has 0 aromatic heterocycles. The lowest BCUT2D eigenvalue weighted by molar-refractivity contribution is -0.191. The van der Waals surface area contributed by atoms with Gasteiger partial charge in [0.25, 0.3) is 0 Å². The molecule has 0 heterocycles. The maximum absolute atomic E-state index is 11.9. The Morgan fingerprint density at radius 1 is 1.35 bits per heavy atom. The summed E-state index contributed by atoms with van der Waals surface area (Å²) in [6.45, 7) is 11.1. The monoisotopic (exact) mass is 287 g/mol. The Labute approximate surface area is 119 Å². The second kappa shape index (κ2) is 5.24. The van der Waals surface area contributed by atoms with Gasteiger partial charge in [0.15, 0.2) is 5.54 Å². The summed E-state index contributed by atoms with van der Waals surface area (Å²) in [5.74, 6) is -1.07. The quantitative estimate of drug-likeness (QED) is 0.827. The van der Waals surface area contributed by atoms with Crippen molar-refractivity contribution in [1.82, 2.24) is 5.32 Å². The van der Waals surface area contributed by atoms with E-state index in [2.05, 4.69) is 5.32 Å². The third kappa shape index (κ3) is 2.90. The number of carboxylic acids is 1. The van der Waals surface area contributed by atoms with Gasteiger partial charge in [0.1, 0.15) is 5.60 Å². The minimum absolute atomic E-state index is 0.196. The molecule has 1 saturated carbocycles. The molecule has 6 heteroatoms. The van der Waals surface area contributed by atoms with Crippen molar-refractivity contribution in [3.63, 3.8) is 0 Å². The van der Waals surface area contributed by atoms with Gasteiger partial charge < -0.3 is 19.9 Å². The Morgan fingerprint density at radius 2 is 1.90 bits per heavy atom. The maximum atomic E-state index is 11.9. The first-order chi connectivity index (χ1) is 8.96.